The summed E-state index contributed by atoms with van der Waals surface area (Å²) in [5.74, 6) is 1.41. The number of pyridine rings is 1. The minimum absolute atomic E-state index is 0.378. The summed E-state index contributed by atoms with van der Waals surface area (Å²) >= 11 is 6.05. The van der Waals surface area contributed by atoms with E-state index < -0.39 is 0 Å². The van der Waals surface area contributed by atoms with E-state index >= 15 is 0 Å². The lowest BCUT2D eigenvalue weighted by Gasteiger charge is -2.17. The summed E-state index contributed by atoms with van der Waals surface area (Å²) in [4.78, 5) is 4.18. The highest BCUT2D eigenvalue weighted by Gasteiger charge is 2.15. The maximum atomic E-state index is 6.32. The van der Waals surface area contributed by atoms with Crippen LogP contribution in [0.25, 0.3) is 0 Å². The Kier molecular flexibility index (Phi) is 5.42. The van der Waals surface area contributed by atoms with Crippen LogP contribution in [0.4, 0.5) is 0 Å². The zero-order chi connectivity index (χ0) is 15.2. The molecule has 112 valence electrons. The Morgan fingerprint density at radius 3 is 2.81 bits per heavy atom. The fourth-order valence-electron chi connectivity index (χ4n) is 2.03. The second kappa shape index (κ2) is 7.29. The van der Waals surface area contributed by atoms with Gasteiger partial charge in [-0.05, 0) is 36.2 Å². The molecule has 4 nitrogen and oxygen atoms in total. The molecule has 5 heteroatoms. The number of nitrogens with two attached hydrogens (primary N) is 1. The van der Waals surface area contributed by atoms with Crippen LogP contribution in [-0.4, -0.2) is 18.7 Å². The molecule has 0 saturated carbocycles. The molecule has 1 aromatic carbocycles. The van der Waals surface area contributed by atoms with Gasteiger partial charge in [-0.25, -0.2) is 0 Å². The SMILES string of the molecule is CCCOc1cncc(C(N)c2cc(Cl)ccc2OC)c1. The Bertz CT molecular complexity index is 605. The molecule has 0 saturated heterocycles. The number of aromatic nitrogens is 1. The summed E-state index contributed by atoms with van der Waals surface area (Å²) < 4.78 is 10.9. The van der Waals surface area contributed by atoms with Crippen LogP contribution in [0, 0.1) is 0 Å². The third-order valence-corrected chi connectivity index (χ3v) is 3.33. The van der Waals surface area contributed by atoms with E-state index in [0.717, 1.165) is 17.5 Å². The highest BCUT2D eigenvalue weighted by Crippen LogP contribution is 2.31. The molecule has 0 aliphatic carbocycles. The molecule has 0 aliphatic rings. The van der Waals surface area contributed by atoms with Crippen LogP contribution < -0.4 is 15.2 Å². The van der Waals surface area contributed by atoms with E-state index in [4.69, 9.17) is 26.8 Å². The summed E-state index contributed by atoms with van der Waals surface area (Å²) in [6.07, 6.45) is 4.35. The van der Waals surface area contributed by atoms with Crippen molar-refractivity contribution >= 4 is 11.6 Å². The normalized spacial score (nSPS) is 12.0. The van der Waals surface area contributed by atoms with Crippen LogP contribution >= 0.6 is 11.6 Å². The third-order valence-electron chi connectivity index (χ3n) is 3.09. The van der Waals surface area contributed by atoms with Gasteiger partial charge in [0.25, 0.3) is 0 Å². The molecule has 0 aliphatic heterocycles. The number of rotatable bonds is 6. The third kappa shape index (κ3) is 3.86. The number of methoxy groups -OCH3 is 1. The molecule has 2 rings (SSSR count). The van der Waals surface area contributed by atoms with Crippen molar-refractivity contribution in [3.05, 3.63) is 52.8 Å². The van der Waals surface area contributed by atoms with Crippen LogP contribution in [0.15, 0.2) is 36.7 Å². The predicted octanol–water partition coefficient (Wildman–Crippen LogP) is 3.58. The molecule has 0 spiro atoms. The Balaban J connectivity index is 2.31. The fourth-order valence-corrected chi connectivity index (χ4v) is 2.21. The second-order valence-corrected chi connectivity index (χ2v) is 5.10. The summed E-state index contributed by atoms with van der Waals surface area (Å²) in [7, 11) is 1.61. The number of ether oxygens (including phenoxy) is 2. The Labute approximate surface area is 129 Å². The molecular weight excluding hydrogens is 288 g/mol. The molecule has 1 heterocycles. The minimum Gasteiger partial charge on any atom is -0.496 e. The van der Waals surface area contributed by atoms with E-state index in [-0.39, 0.29) is 6.04 Å². The summed E-state index contributed by atoms with van der Waals surface area (Å²) in [6, 6.07) is 6.91. The lowest BCUT2D eigenvalue weighted by molar-refractivity contribution is 0.315. The van der Waals surface area contributed by atoms with Gasteiger partial charge in [0.05, 0.1) is 26.0 Å². The average molecular weight is 307 g/mol. The van der Waals surface area contributed by atoms with Gasteiger partial charge in [-0.15, -0.1) is 0 Å². The largest absolute Gasteiger partial charge is 0.496 e. The minimum atomic E-state index is -0.378. The van der Waals surface area contributed by atoms with Crippen LogP contribution in [0.2, 0.25) is 5.02 Å². The maximum absolute atomic E-state index is 6.32. The standard InChI is InChI=1S/C16H19ClN2O2/c1-3-6-21-13-7-11(9-19-10-13)16(18)14-8-12(17)4-5-15(14)20-2/h4-5,7-10,16H,3,6,18H2,1-2H3. The molecule has 21 heavy (non-hydrogen) atoms. The Morgan fingerprint density at radius 2 is 2.10 bits per heavy atom. The van der Waals surface area contributed by atoms with Crippen LogP contribution in [-0.2, 0) is 0 Å². The van der Waals surface area contributed by atoms with Crippen LogP contribution in [0.1, 0.15) is 30.5 Å². The average Bonchev–Trinajstić information content (AvgIpc) is 2.52. The molecular formula is C16H19ClN2O2. The first-order chi connectivity index (χ1) is 10.2. The number of hydrogen-bond donors (Lipinski definition) is 1. The van der Waals surface area contributed by atoms with Crippen molar-refractivity contribution in [2.45, 2.75) is 19.4 Å². The van der Waals surface area contributed by atoms with Crippen molar-refractivity contribution in [1.82, 2.24) is 4.98 Å². The van der Waals surface area contributed by atoms with Gasteiger partial charge in [0.15, 0.2) is 0 Å². The second-order valence-electron chi connectivity index (χ2n) is 4.67. The van der Waals surface area contributed by atoms with Gasteiger partial charge in [0.2, 0.25) is 0 Å². The molecule has 0 radical (unpaired) electrons. The van der Waals surface area contributed by atoms with E-state index in [1.54, 1.807) is 25.6 Å². The van der Waals surface area contributed by atoms with Crippen molar-refractivity contribution in [3.8, 4) is 11.5 Å². The van der Waals surface area contributed by atoms with Crippen molar-refractivity contribution in [2.75, 3.05) is 13.7 Å². The van der Waals surface area contributed by atoms with E-state index in [2.05, 4.69) is 11.9 Å². The zero-order valence-corrected chi connectivity index (χ0v) is 12.9. The van der Waals surface area contributed by atoms with E-state index in [1.807, 2.05) is 18.2 Å². The molecule has 1 aromatic heterocycles. The van der Waals surface area contributed by atoms with Crippen molar-refractivity contribution in [2.24, 2.45) is 5.73 Å². The van der Waals surface area contributed by atoms with Crippen molar-refractivity contribution < 1.29 is 9.47 Å². The van der Waals surface area contributed by atoms with Gasteiger partial charge in [0, 0.05) is 16.8 Å². The van der Waals surface area contributed by atoms with E-state index in [1.165, 1.54) is 0 Å². The number of hydrogen-bond acceptors (Lipinski definition) is 4. The lowest BCUT2D eigenvalue weighted by Crippen LogP contribution is -2.13. The summed E-state index contributed by atoms with van der Waals surface area (Å²) in [5.41, 5.74) is 7.99. The molecule has 1 unspecified atom stereocenters. The van der Waals surface area contributed by atoms with Crippen molar-refractivity contribution in [3.63, 3.8) is 0 Å². The molecule has 2 aromatic rings. The maximum Gasteiger partial charge on any atom is 0.137 e. The first-order valence-corrected chi connectivity index (χ1v) is 7.20. The predicted molar refractivity (Wildman–Crippen MR) is 84.1 cm³/mol. The smallest absolute Gasteiger partial charge is 0.137 e. The molecule has 0 bridgehead atoms. The highest BCUT2D eigenvalue weighted by molar-refractivity contribution is 6.30. The van der Waals surface area contributed by atoms with Crippen molar-refractivity contribution in [1.29, 1.82) is 0 Å². The Morgan fingerprint density at radius 1 is 1.29 bits per heavy atom. The highest BCUT2D eigenvalue weighted by atomic mass is 35.5. The van der Waals surface area contributed by atoms with E-state index in [9.17, 15) is 0 Å². The van der Waals surface area contributed by atoms with Gasteiger partial charge in [0.1, 0.15) is 11.5 Å². The van der Waals surface area contributed by atoms with Gasteiger partial charge in [-0.2, -0.15) is 0 Å². The first kappa shape index (κ1) is 15.6. The molecule has 2 N–H and O–H groups in total. The lowest BCUT2D eigenvalue weighted by atomic mass is 10.00. The summed E-state index contributed by atoms with van der Waals surface area (Å²) in [6.45, 7) is 2.71. The number of nitrogens with zero attached hydrogens (tertiary/aromatic N) is 1. The summed E-state index contributed by atoms with van der Waals surface area (Å²) in [5, 5.41) is 0.618. The van der Waals surface area contributed by atoms with Gasteiger partial charge < -0.3 is 15.2 Å². The fraction of sp³-hybridized carbons (Fsp3) is 0.312. The molecule has 1 atom stereocenters. The monoisotopic (exact) mass is 306 g/mol. The molecule has 0 fully saturated rings. The van der Waals surface area contributed by atoms with Crippen LogP contribution in [0.3, 0.4) is 0 Å². The van der Waals surface area contributed by atoms with E-state index in [0.29, 0.717) is 23.1 Å². The number of halogens is 1. The van der Waals surface area contributed by atoms with Gasteiger partial charge in [-0.1, -0.05) is 18.5 Å². The topological polar surface area (TPSA) is 57.4 Å². The van der Waals surface area contributed by atoms with Gasteiger partial charge >= 0.3 is 0 Å². The zero-order valence-electron chi connectivity index (χ0n) is 12.2. The van der Waals surface area contributed by atoms with Crippen LogP contribution in [0.5, 0.6) is 11.5 Å². The van der Waals surface area contributed by atoms with Gasteiger partial charge in [-0.3, -0.25) is 4.98 Å². The molecule has 0 amide bonds. The number of benzene rings is 1. The Hall–Kier alpha value is -1.78. The first-order valence-electron chi connectivity index (χ1n) is 6.82. The quantitative estimate of drug-likeness (QED) is 0.886.